The van der Waals surface area contributed by atoms with Crippen LogP contribution in [0.2, 0.25) is 0 Å². The molecular formula is C13H10O2. The fourth-order valence-corrected chi connectivity index (χ4v) is 1.81. The molecule has 0 saturated heterocycles. The maximum Gasteiger partial charge on any atom is 0.226 e. The van der Waals surface area contributed by atoms with Crippen LogP contribution in [0.1, 0.15) is 0 Å². The Labute approximate surface area is 87.1 Å². The average molecular weight is 198 g/mol. The number of hydrogen-bond donors (Lipinski definition) is 0. The number of ether oxygens (including phenoxy) is 1. The summed E-state index contributed by atoms with van der Waals surface area (Å²) in [6, 6.07) is 13.8. The highest BCUT2D eigenvalue weighted by Crippen LogP contribution is 2.31. The third kappa shape index (κ3) is 1.18. The fraction of sp³-hybridized carbons (Fsp3) is 0. The maximum atomic E-state index is 5.69. The van der Waals surface area contributed by atoms with Crippen LogP contribution in [0, 0.1) is 7.11 Å². The van der Waals surface area contributed by atoms with Crippen LogP contribution in [-0.2, 0) is 0 Å². The number of aromatic hydroxyl groups is 1. The summed E-state index contributed by atoms with van der Waals surface area (Å²) in [6.07, 6.45) is 0. The summed E-state index contributed by atoms with van der Waals surface area (Å²) in [5.41, 5.74) is 1.80. The van der Waals surface area contributed by atoms with E-state index in [2.05, 4.69) is 11.8 Å². The lowest BCUT2D eigenvalue weighted by molar-refractivity contribution is 0.186. The van der Waals surface area contributed by atoms with Crippen molar-refractivity contribution < 1.29 is 9.15 Å². The van der Waals surface area contributed by atoms with Gasteiger partial charge >= 0.3 is 0 Å². The predicted molar refractivity (Wildman–Crippen MR) is 60.7 cm³/mol. The molecule has 2 aromatic carbocycles. The Kier molecular flexibility index (Phi) is 1.68. The SMILES string of the molecule is [CH2-][OH+]c1ccc2oc3ccccc3c2c1. The molecule has 1 heterocycles. The summed E-state index contributed by atoms with van der Waals surface area (Å²) >= 11 is 0. The number of para-hydroxylation sites is 1. The Balaban J connectivity index is 2.46. The van der Waals surface area contributed by atoms with E-state index in [4.69, 9.17) is 4.42 Å². The van der Waals surface area contributed by atoms with E-state index in [1.165, 1.54) is 0 Å². The highest BCUT2D eigenvalue weighted by molar-refractivity contribution is 6.05. The van der Waals surface area contributed by atoms with Crippen LogP contribution < -0.4 is 0 Å². The number of rotatable bonds is 1. The molecule has 2 nitrogen and oxygen atoms in total. The van der Waals surface area contributed by atoms with Gasteiger partial charge in [0.15, 0.2) is 0 Å². The summed E-state index contributed by atoms with van der Waals surface area (Å²) in [4.78, 5) is 0. The van der Waals surface area contributed by atoms with Crippen molar-refractivity contribution in [2.24, 2.45) is 0 Å². The quantitative estimate of drug-likeness (QED) is 0.433. The first-order valence-electron chi connectivity index (χ1n) is 4.76. The normalized spacial score (nSPS) is 11.0. The summed E-state index contributed by atoms with van der Waals surface area (Å²) < 4.78 is 9.61. The number of aliphatic hydroxyl groups is 1. The van der Waals surface area contributed by atoms with Crippen molar-refractivity contribution in [3.8, 4) is 5.75 Å². The second-order valence-electron chi connectivity index (χ2n) is 3.44. The lowest BCUT2D eigenvalue weighted by Crippen LogP contribution is -1.73. The Morgan fingerprint density at radius 2 is 1.73 bits per heavy atom. The van der Waals surface area contributed by atoms with E-state index in [0.29, 0.717) is 0 Å². The highest BCUT2D eigenvalue weighted by Gasteiger charge is 2.07. The number of benzene rings is 2. The van der Waals surface area contributed by atoms with Gasteiger partial charge in [-0.3, -0.25) is 0 Å². The van der Waals surface area contributed by atoms with Gasteiger partial charge in [-0.25, -0.2) is 0 Å². The zero-order valence-electron chi connectivity index (χ0n) is 8.10. The summed E-state index contributed by atoms with van der Waals surface area (Å²) in [6.45, 7) is 0. The van der Waals surface area contributed by atoms with E-state index in [1.807, 2.05) is 42.5 Å². The zero-order valence-corrected chi connectivity index (χ0v) is 8.10. The van der Waals surface area contributed by atoms with Crippen LogP contribution in [0.25, 0.3) is 21.9 Å². The third-order valence-corrected chi connectivity index (χ3v) is 2.54. The van der Waals surface area contributed by atoms with Crippen LogP contribution >= 0.6 is 0 Å². The van der Waals surface area contributed by atoms with Gasteiger partial charge in [0.25, 0.3) is 0 Å². The lowest BCUT2D eigenvalue weighted by Gasteiger charge is -2.01. The second kappa shape index (κ2) is 3.02. The van der Waals surface area contributed by atoms with Crippen molar-refractivity contribution >= 4 is 21.9 Å². The molecule has 0 atom stereocenters. The number of fused-ring (bicyclic) bond motifs is 3. The van der Waals surface area contributed by atoms with Crippen molar-refractivity contribution in [1.29, 1.82) is 0 Å². The standard InChI is InChI=1S/C13H10O2/c1-14-9-6-7-13-11(8-9)10-4-2-3-5-12(10)15-13/h2-8,14H,1H2. The molecule has 15 heavy (non-hydrogen) atoms. The van der Waals surface area contributed by atoms with Crippen LogP contribution in [0.4, 0.5) is 0 Å². The highest BCUT2D eigenvalue weighted by atomic mass is 16.5. The van der Waals surface area contributed by atoms with Gasteiger partial charge < -0.3 is 9.15 Å². The smallest absolute Gasteiger partial charge is 0.226 e. The monoisotopic (exact) mass is 198 g/mol. The van der Waals surface area contributed by atoms with Gasteiger partial charge in [0.05, 0.1) is 0 Å². The van der Waals surface area contributed by atoms with E-state index in [0.717, 1.165) is 27.7 Å². The minimum absolute atomic E-state index is 0.869. The summed E-state index contributed by atoms with van der Waals surface area (Å²) in [5.74, 6) is 0.869. The summed E-state index contributed by atoms with van der Waals surface area (Å²) in [5, 5.41) is 2.22. The molecule has 0 bridgehead atoms. The molecule has 74 valence electrons. The number of furan rings is 1. The van der Waals surface area contributed by atoms with Gasteiger partial charge in [0, 0.05) is 22.9 Å². The van der Waals surface area contributed by atoms with E-state index in [-0.39, 0.29) is 0 Å². The first-order valence-corrected chi connectivity index (χ1v) is 4.76. The fourth-order valence-electron chi connectivity index (χ4n) is 1.81. The molecule has 0 saturated carbocycles. The molecule has 1 N–H and O–H groups in total. The molecule has 0 amide bonds. The van der Waals surface area contributed by atoms with Crippen molar-refractivity contribution in [3.05, 3.63) is 49.6 Å². The molecule has 1 aromatic heterocycles. The average Bonchev–Trinajstić information content (AvgIpc) is 2.66. The molecule has 0 radical (unpaired) electrons. The lowest BCUT2D eigenvalue weighted by atomic mass is 10.1. The van der Waals surface area contributed by atoms with Crippen LogP contribution in [0.15, 0.2) is 46.9 Å². The maximum absolute atomic E-state index is 5.69. The van der Waals surface area contributed by atoms with Gasteiger partial charge in [-0.05, 0) is 19.2 Å². The predicted octanol–water partition coefficient (Wildman–Crippen LogP) is 3.62. The van der Waals surface area contributed by atoms with Crippen LogP contribution in [0.5, 0.6) is 5.75 Å². The molecule has 0 unspecified atom stereocenters. The molecule has 3 rings (SSSR count). The number of hydrogen-bond acceptors (Lipinski definition) is 1. The molecular weight excluding hydrogens is 188 g/mol. The van der Waals surface area contributed by atoms with Crippen molar-refractivity contribution in [3.63, 3.8) is 0 Å². The molecule has 0 fully saturated rings. The van der Waals surface area contributed by atoms with E-state index >= 15 is 0 Å². The van der Waals surface area contributed by atoms with Crippen molar-refractivity contribution in [2.75, 3.05) is 0 Å². The molecule has 0 aliphatic heterocycles. The minimum Gasteiger partial charge on any atom is -0.722 e. The minimum atomic E-state index is 0.869. The molecule has 0 spiro atoms. The van der Waals surface area contributed by atoms with Gasteiger partial charge in [0.1, 0.15) is 11.2 Å². The van der Waals surface area contributed by atoms with Gasteiger partial charge in [-0.2, -0.15) is 0 Å². The molecule has 2 heteroatoms. The van der Waals surface area contributed by atoms with Crippen LogP contribution in [0.3, 0.4) is 0 Å². The van der Waals surface area contributed by atoms with Gasteiger partial charge in [-0.15, -0.1) is 0 Å². The van der Waals surface area contributed by atoms with E-state index in [9.17, 15) is 0 Å². The zero-order chi connectivity index (χ0) is 10.3. The molecule has 3 aromatic rings. The Bertz CT molecular complexity index is 623. The summed E-state index contributed by atoms with van der Waals surface area (Å²) in [7, 11) is 3.52. The first-order chi connectivity index (χ1) is 7.38. The Hall–Kier alpha value is -1.96. The largest absolute Gasteiger partial charge is 0.722 e. The topological polar surface area (TPSA) is 25.9 Å². The van der Waals surface area contributed by atoms with Crippen molar-refractivity contribution in [2.45, 2.75) is 0 Å². The van der Waals surface area contributed by atoms with Crippen LogP contribution in [-0.4, -0.2) is 4.74 Å². The Morgan fingerprint density at radius 1 is 0.933 bits per heavy atom. The van der Waals surface area contributed by atoms with E-state index < -0.39 is 0 Å². The Morgan fingerprint density at radius 3 is 2.60 bits per heavy atom. The van der Waals surface area contributed by atoms with Crippen molar-refractivity contribution in [1.82, 2.24) is 0 Å². The third-order valence-electron chi connectivity index (χ3n) is 2.54. The van der Waals surface area contributed by atoms with E-state index in [1.54, 1.807) is 0 Å². The molecule has 0 aliphatic rings. The molecule has 0 aliphatic carbocycles. The van der Waals surface area contributed by atoms with Gasteiger partial charge in [-0.1, -0.05) is 18.2 Å². The second-order valence-corrected chi connectivity index (χ2v) is 3.44. The first kappa shape index (κ1) is 8.36. The van der Waals surface area contributed by atoms with Gasteiger partial charge in [0.2, 0.25) is 5.75 Å².